The predicted molar refractivity (Wildman–Crippen MR) is 71.4 cm³/mol. The highest BCUT2D eigenvalue weighted by Gasteiger charge is 2.47. The molecule has 1 aromatic heterocycles. The Bertz CT molecular complexity index is 582. The van der Waals surface area contributed by atoms with E-state index in [0.29, 0.717) is 6.04 Å². The van der Waals surface area contributed by atoms with E-state index < -0.39 is 0 Å². The van der Waals surface area contributed by atoms with Crippen molar-refractivity contribution in [3.8, 4) is 0 Å². The van der Waals surface area contributed by atoms with Crippen LogP contribution in [0.15, 0.2) is 30.6 Å². The number of benzene rings is 1. The zero-order valence-electron chi connectivity index (χ0n) is 10.6. The summed E-state index contributed by atoms with van der Waals surface area (Å²) in [6, 6.07) is 6.29. The number of aromatic nitrogens is 2. The van der Waals surface area contributed by atoms with Gasteiger partial charge in [-0.1, -0.05) is 13.8 Å². The van der Waals surface area contributed by atoms with Crippen LogP contribution in [0.25, 0.3) is 11.0 Å². The van der Waals surface area contributed by atoms with Crippen molar-refractivity contribution in [2.24, 2.45) is 5.41 Å². The van der Waals surface area contributed by atoms with Crippen molar-refractivity contribution >= 4 is 16.7 Å². The fourth-order valence-corrected chi connectivity index (χ4v) is 2.40. The first-order valence-electron chi connectivity index (χ1n) is 6.23. The Morgan fingerprint density at radius 1 is 1.22 bits per heavy atom. The lowest BCUT2D eigenvalue weighted by Gasteiger charge is -2.49. The first kappa shape index (κ1) is 11.4. The van der Waals surface area contributed by atoms with Crippen LogP contribution in [0.5, 0.6) is 0 Å². The second-order valence-corrected chi connectivity index (χ2v) is 5.53. The Morgan fingerprint density at radius 3 is 2.61 bits per heavy atom. The molecular formula is C14H17N3O. The Balaban J connectivity index is 1.83. The molecule has 0 aliphatic heterocycles. The molecule has 1 aliphatic rings. The lowest BCUT2D eigenvalue weighted by Crippen LogP contribution is -2.56. The number of nitrogens with zero attached hydrogens (tertiary/aromatic N) is 2. The van der Waals surface area contributed by atoms with E-state index in [1.165, 1.54) is 0 Å². The number of aliphatic hydroxyl groups excluding tert-OH is 1. The van der Waals surface area contributed by atoms with Gasteiger partial charge in [-0.2, -0.15) is 0 Å². The average molecular weight is 243 g/mol. The second-order valence-electron chi connectivity index (χ2n) is 5.53. The standard InChI is InChI=1S/C14H17N3O/c1-14(2)12(8-13(14)18)17-9-3-4-10-11(7-9)16-6-5-15-10/h3-7,12-13,17-18H,8H2,1-2H3. The molecule has 0 amide bonds. The van der Waals surface area contributed by atoms with Crippen LogP contribution in [0.2, 0.25) is 0 Å². The third-order valence-electron chi connectivity index (χ3n) is 4.03. The maximum absolute atomic E-state index is 9.73. The van der Waals surface area contributed by atoms with Gasteiger partial charge in [-0.25, -0.2) is 0 Å². The highest BCUT2D eigenvalue weighted by molar-refractivity contribution is 5.78. The van der Waals surface area contributed by atoms with Crippen molar-refractivity contribution in [1.29, 1.82) is 0 Å². The van der Waals surface area contributed by atoms with Gasteiger partial charge in [0.05, 0.1) is 17.1 Å². The average Bonchev–Trinajstić information content (AvgIpc) is 2.38. The van der Waals surface area contributed by atoms with E-state index in [1.54, 1.807) is 12.4 Å². The minimum absolute atomic E-state index is 0.0721. The van der Waals surface area contributed by atoms with Gasteiger partial charge in [0.1, 0.15) is 0 Å². The topological polar surface area (TPSA) is 58.0 Å². The molecule has 1 saturated carbocycles. The molecule has 0 radical (unpaired) electrons. The summed E-state index contributed by atoms with van der Waals surface area (Å²) >= 11 is 0. The van der Waals surface area contributed by atoms with Gasteiger partial charge >= 0.3 is 0 Å². The first-order valence-corrected chi connectivity index (χ1v) is 6.23. The minimum atomic E-state index is -0.213. The number of nitrogens with one attached hydrogen (secondary N) is 1. The van der Waals surface area contributed by atoms with Crippen LogP contribution in [0.3, 0.4) is 0 Å². The SMILES string of the molecule is CC1(C)C(O)CC1Nc1ccc2nccnc2c1. The lowest BCUT2D eigenvalue weighted by molar-refractivity contribution is -0.0510. The van der Waals surface area contributed by atoms with E-state index in [1.807, 2.05) is 18.2 Å². The van der Waals surface area contributed by atoms with Crippen LogP contribution in [0.1, 0.15) is 20.3 Å². The van der Waals surface area contributed by atoms with Gasteiger partial charge in [-0.3, -0.25) is 9.97 Å². The number of hydrogen-bond donors (Lipinski definition) is 2. The first-order chi connectivity index (χ1) is 8.57. The Morgan fingerprint density at radius 2 is 1.94 bits per heavy atom. The fourth-order valence-electron chi connectivity index (χ4n) is 2.40. The molecule has 1 fully saturated rings. The van der Waals surface area contributed by atoms with Crippen LogP contribution in [0, 0.1) is 5.41 Å². The summed E-state index contributed by atoms with van der Waals surface area (Å²) in [4.78, 5) is 8.54. The van der Waals surface area contributed by atoms with Crippen molar-refractivity contribution in [3.63, 3.8) is 0 Å². The summed E-state index contributed by atoms with van der Waals surface area (Å²) in [6.07, 6.45) is 3.98. The second kappa shape index (κ2) is 3.92. The summed E-state index contributed by atoms with van der Waals surface area (Å²) in [7, 11) is 0. The van der Waals surface area contributed by atoms with Gasteiger partial charge in [-0.15, -0.1) is 0 Å². The molecule has 1 aliphatic carbocycles. The number of anilines is 1. The molecule has 3 rings (SSSR count). The van der Waals surface area contributed by atoms with Crippen molar-refractivity contribution < 1.29 is 5.11 Å². The lowest BCUT2D eigenvalue weighted by atomic mass is 9.64. The monoisotopic (exact) mass is 243 g/mol. The predicted octanol–water partition coefficient (Wildman–Crippen LogP) is 2.20. The molecule has 18 heavy (non-hydrogen) atoms. The normalized spacial score (nSPS) is 25.7. The number of fused-ring (bicyclic) bond motifs is 1. The Labute approximate surface area is 106 Å². The highest BCUT2D eigenvalue weighted by atomic mass is 16.3. The Kier molecular flexibility index (Phi) is 2.48. The fraction of sp³-hybridized carbons (Fsp3) is 0.429. The van der Waals surface area contributed by atoms with E-state index in [2.05, 4.69) is 29.1 Å². The van der Waals surface area contributed by atoms with E-state index in [-0.39, 0.29) is 11.5 Å². The molecule has 1 aromatic carbocycles. The number of aliphatic hydroxyl groups is 1. The van der Waals surface area contributed by atoms with Crippen molar-refractivity contribution in [1.82, 2.24) is 9.97 Å². The van der Waals surface area contributed by atoms with Gasteiger partial charge in [0, 0.05) is 29.5 Å². The maximum atomic E-state index is 9.73. The molecular weight excluding hydrogens is 226 g/mol. The van der Waals surface area contributed by atoms with Gasteiger partial charge in [-0.05, 0) is 24.6 Å². The summed E-state index contributed by atoms with van der Waals surface area (Å²) in [6.45, 7) is 4.17. The molecule has 0 spiro atoms. The summed E-state index contributed by atoms with van der Waals surface area (Å²) in [5.74, 6) is 0. The van der Waals surface area contributed by atoms with Gasteiger partial charge in [0.2, 0.25) is 0 Å². The summed E-state index contributed by atoms with van der Waals surface area (Å²) < 4.78 is 0. The summed E-state index contributed by atoms with van der Waals surface area (Å²) in [5.41, 5.74) is 2.75. The highest BCUT2D eigenvalue weighted by Crippen LogP contribution is 2.42. The van der Waals surface area contributed by atoms with Gasteiger partial charge < -0.3 is 10.4 Å². The molecule has 0 bridgehead atoms. The zero-order chi connectivity index (χ0) is 12.8. The van der Waals surface area contributed by atoms with E-state index in [4.69, 9.17) is 0 Å². The van der Waals surface area contributed by atoms with Crippen molar-refractivity contribution in [3.05, 3.63) is 30.6 Å². The molecule has 94 valence electrons. The quantitative estimate of drug-likeness (QED) is 0.849. The number of rotatable bonds is 2. The van der Waals surface area contributed by atoms with Crippen LogP contribution >= 0.6 is 0 Å². The third-order valence-corrected chi connectivity index (χ3v) is 4.03. The van der Waals surface area contributed by atoms with E-state index in [0.717, 1.165) is 23.1 Å². The molecule has 2 aromatic rings. The van der Waals surface area contributed by atoms with E-state index in [9.17, 15) is 5.11 Å². The molecule has 1 heterocycles. The molecule has 4 nitrogen and oxygen atoms in total. The maximum Gasteiger partial charge on any atom is 0.0907 e. The smallest absolute Gasteiger partial charge is 0.0907 e. The molecule has 0 saturated heterocycles. The summed E-state index contributed by atoms with van der Waals surface area (Å²) in [5, 5.41) is 13.2. The van der Waals surface area contributed by atoms with E-state index >= 15 is 0 Å². The molecule has 2 atom stereocenters. The molecule has 2 N–H and O–H groups in total. The Hall–Kier alpha value is -1.68. The van der Waals surface area contributed by atoms with Crippen LogP contribution in [0.4, 0.5) is 5.69 Å². The van der Waals surface area contributed by atoms with Crippen molar-refractivity contribution in [2.45, 2.75) is 32.4 Å². The largest absolute Gasteiger partial charge is 0.392 e. The van der Waals surface area contributed by atoms with Gasteiger partial charge in [0.15, 0.2) is 0 Å². The third kappa shape index (κ3) is 1.73. The minimum Gasteiger partial charge on any atom is -0.392 e. The van der Waals surface area contributed by atoms with Gasteiger partial charge in [0.25, 0.3) is 0 Å². The number of hydrogen-bond acceptors (Lipinski definition) is 4. The van der Waals surface area contributed by atoms with Crippen LogP contribution in [-0.2, 0) is 0 Å². The van der Waals surface area contributed by atoms with Crippen LogP contribution in [-0.4, -0.2) is 27.2 Å². The molecule has 4 heteroatoms. The van der Waals surface area contributed by atoms with Crippen LogP contribution < -0.4 is 5.32 Å². The zero-order valence-corrected chi connectivity index (χ0v) is 10.6. The van der Waals surface area contributed by atoms with Crippen molar-refractivity contribution in [2.75, 3.05) is 5.32 Å². The molecule has 2 unspecified atom stereocenters.